The van der Waals surface area contributed by atoms with Gasteiger partial charge in [-0.1, -0.05) is 0 Å². The standard InChI is InChI=1S/C14H11FN4OS.CH5N/c1-17-14-18-12(7-2-4-8(15)5-3-7)10-11(16)9(6-20)21-13(10)19-14;1-2/h2-6H,16H2,1H3,(H,17,18,19);2H2,1H3. The summed E-state index contributed by atoms with van der Waals surface area (Å²) in [6, 6.07) is 5.94. The summed E-state index contributed by atoms with van der Waals surface area (Å²) in [6.45, 7) is 0. The molecule has 0 aliphatic rings. The Labute approximate surface area is 136 Å². The Bertz CT molecular complexity index is 832. The number of anilines is 2. The maximum atomic E-state index is 13.1. The number of hydrogen-bond acceptors (Lipinski definition) is 7. The first-order valence-corrected chi connectivity index (χ1v) is 7.52. The van der Waals surface area contributed by atoms with Gasteiger partial charge in [0.15, 0.2) is 6.29 Å². The van der Waals surface area contributed by atoms with E-state index in [-0.39, 0.29) is 5.82 Å². The predicted octanol–water partition coefficient (Wildman–Crippen LogP) is 2.51. The van der Waals surface area contributed by atoms with E-state index in [1.165, 1.54) is 30.5 Å². The number of fused-ring (bicyclic) bond motifs is 1. The highest BCUT2D eigenvalue weighted by atomic mass is 32.1. The minimum absolute atomic E-state index is 0.329. The molecule has 0 amide bonds. The number of nitrogens with zero attached hydrogens (tertiary/aromatic N) is 2. The molecule has 0 atom stereocenters. The Balaban J connectivity index is 0.000000924. The zero-order valence-corrected chi connectivity index (χ0v) is 13.4. The average molecular weight is 333 g/mol. The summed E-state index contributed by atoms with van der Waals surface area (Å²) in [7, 11) is 3.20. The SMILES string of the molecule is CN.CNc1nc(-c2ccc(F)cc2)c2c(N)c(C=O)sc2n1. The van der Waals surface area contributed by atoms with Gasteiger partial charge in [0.1, 0.15) is 10.6 Å². The summed E-state index contributed by atoms with van der Waals surface area (Å²) in [5, 5.41) is 3.49. The van der Waals surface area contributed by atoms with E-state index in [0.717, 1.165) is 0 Å². The summed E-state index contributed by atoms with van der Waals surface area (Å²) in [5.41, 5.74) is 12.2. The van der Waals surface area contributed by atoms with Crippen LogP contribution in [0.4, 0.5) is 16.0 Å². The fraction of sp³-hybridized carbons (Fsp3) is 0.133. The number of halogens is 1. The summed E-state index contributed by atoms with van der Waals surface area (Å²) in [6.07, 6.45) is 0.704. The van der Waals surface area contributed by atoms with Crippen LogP contribution >= 0.6 is 11.3 Å². The summed E-state index contributed by atoms with van der Waals surface area (Å²) >= 11 is 1.21. The molecule has 0 fully saturated rings. The highest BCUT2D eigenvalue weighted by Gasteiger charge is 2.17. The molecule has 0 radical (unpaired) electrons. The number of aldehydes is 1. The van der Waals surface area contributed by atoms with Gasteiger partial charge in [-0.15, -0.1) is 11.3 Å². The van der Waals surface area contributed by atoms with Crippen LogP contribution < -0.4 is 16.8 Å². The van der Waals surface area contributed by atoms with Gasteiger partial charge in [-0.25, -0.2) is 14.4 Å². The Morgan fingerprint density at radius 2 is 1.87 bits per heavy atom. The number of carbonyl (C=O) groups is 1. The van der Waals surface area contributed by atoms with Crippen molar-refractivity contribution in [1.82, 2.24) is 9.97 Å². The van der Waals surface area contributed by atoms with Crippen LogP contribution in [0, 0.1) is 5.82 Å². The lowest BCUT2D eigenvalue weighted by Crippen LogP contribution is -1.99. The number of hydrogen-bond donors (Lipinski definition) is 3. The first-order chi connectivity index (χ1) is 11.1. The van der Waals surface area contributed by atoms with Crippen LogP contribution in [-0.4, -0.2) is 30.3 Å². The van der Waals surface area contributed by atoms with E-state index in [0.29, 0.717) is 44.3 Å². The predicted molar refractivity (Wildman–Crippen MR) is 92.3 cm³/mol. The van der Waals surface area contributed by atoms with Gasteiger partial charge < -0.3 is 16.8 Å². The minimum atomic E-state index is -0.329. The maximum Gasteiger partial charge on any atom is 0.224 e. The van der Waals surface area contributed by atoms with Crippen LogP contribution in [0.25, 0.3) is 21.5 Å². The second-order valence-electron chi connectivity index (χ2n) is 4.33. The third kappa shape index (κ3) is 3.13. The quantitative estimate of drug-likeness (QED) is 0.636. The number of aromatic nitrogens is 2. The molecule has 3 rings (SSSR count). The van der Waals surface area contributed by atoms with Crippen molar-refractivity contribution in [2.45, 2.75) is 0 Å². The summed E-state index contributed by atoms with van der Waals surface area (Å²) in [4.78, 5) is 20.8. The second-order valence-corrected chi connectivity index (χ2v) is 5.36. The molecule has 120 valence electrons. The number of carbonyl (C=O) groups excluding carboxylic acids is 1. The second kappa shape index (κ2) is 7.12. The number of nitrogens with one attached hydrogen (secondary N) is 1. The van der Waals surface area contributed by atoms with Gasteiger partial charge in [0.2, 0.25) is 5.95 Å². The Kier molecular flexibility index (Phi) is 5.20. The molecular formula is C15H16FN5OS. The van der Waals surface area contributed by atoms with Crippen molar-refractivity contribution in [3.05, 3.63) is 35.0 Å². The highest BCUT2D eigenvalue weighted by molar-refractivity contribution is 7.21. The van der Waals surface area contributed by atoms with Gasteiger partial charge in [0.25, 0.3) is 0 Å². The first kappa shape index (κ1) is 16.8. The Hall–Kier alpha value is -2.58. The van der Waals surface area contributed by atoms with Crippen LogP contribution in [0.1, 0.15) is 9.67 Å². The van der Waals surface area contributed by atoms with Crippen LogP contribution in [0.15, 0.2) is 24.3 Å². The molecule has 0 aliphatic carbocycles. The van der Waals surface area contributed by atoms with Crippen LogP contribution in [0.2, 0.25) is 0 Å². The molecule has 0 saturated heterocycles. The van der Waals surface area contributed by atoms with E-state index in [2.05, 4.69) is 21.0 Å². The molecule has 0 unspecified atom stereocenters. The molecule has 5 N–H and O–H groups in total. The number of nitrogen functional groups attached to an aromatic ring is 1. The maximum absolute atomic E-state index is 13.1. The molecular weight excluding hydrogens is 317 g/mol. The fourth-order valence-electron chi connectivity index (χ4n) is 2.06. The number of nitrogens with two attached hydrogens (primary N) is 2. The van der Waals surface area contributed by atoms with E-state index in [9.17, 15) is 9.18 Å². The smallest absolute Gasteiger partial charge is 0.224 e. The van der Waals surface area contributed by atoms with E-state index in [1.807, 2.05) is 0 Å². The molecule has 1 aromatic carbocycles. The zero-order valence-electron chi connectivity index (χ0n) is 12.6. The number of rotatable bonds is 3. The van der Waals surface area contributed by atoms with Crippen molar-refractivity contribution < 1.29 is 9.18 Å². The molecule has 2 aromatic heterocycles. The van der Waals surface area contributed by atoms with Gasteiger partial charge in [0, 0.05) is 12.6 Å². The molecule has 23 heavy (non-hydrogen) atoms. The van der Waals surface area contributed by atoms with E-state index >= 15 is 0 Å². The van der Waals surface area contributed by atoms with Gasteiger partial charge in [0.05, 0.1) is 21.6 Å². The third-order valence-corrected chi connectivity index (χ3v) is 4.09. The van der Waals surface area contributed by atoms with Gasteiger partial charge >= 0.3 is 0 Å². The topological polar surface area (TPSA) is 107 Å². The van der Waals surface area contributed by atoms with Crippen molar-refractivity contribution >= 4 is 39.5 Å². The lowest BCUT2D eigenvalue weighted by Gasteiger charge is -2.06. The molecule has 0 aliphatic heterocycles. The Morgan fingerprint density at radius 3 is 2.43 bits per heavy atom. The van der Waals surface area contributed by atoms with Crippen LogP contribution in [-0.2, 0) is 0 Å². The summed E-state index contributed by atoms with van der Waals surface area (Å²) < 4.78 is 13.1. The minimum Gasteiger partial charge on any atom is -0.397 e. The highest BCUT2D eigenvalue weighted by Crippen LogP contribution is 2.38. The van der Waals surface area contributed by atoms with Gasteiger partial charge in [-0.2, -0.15) is 0 Å². The molecule has 0 spiro atoms. The van der Waals surface area contributed by atoms with E-state index < -0.39 is 0 Å². The van der Waals surface area contributed by atoms with Gasteiger partial charge in [-0.05, 0) is 31.3 Å². The van der Waals surface area contributed by atoms with Crippen molar-refractivity contribution in [3.63, 3.8) is 0 Å². The van der Waals surface area contributed by atoms with Crippen molar-refractivity contribution in [2.75, 3.05) is 25.1 Å². The Morgan fingerprint density at radius 1 is 1.22 bits per heavy atom. The largest absolute Gasteiger partial charge is 0.397 e. The normalized spacial score (nSPS) is 10.1. The third-order valence-electron chi connectivity index (χ3n) is 3.07. The number of benzene rings is 1. The van der Waals surface area contributed by atoms with E-state index in [4.69, 9.17) is 5.73 Å². The molecule has 2 heterocycles. The van der Waals surface area contributed by atoms with Crippen molar-refractivity contribution in [1.29, 1.82) is 0 Å². The lowest BCUT2D eigenvalue weighted by molar-refractivity contribution is 0.112. The zero-order chi connectivity index (χ0) is 17.0. The molecule has 8 heteroatoms. The molecule has 0 saturated carbocycles. The monoisotopic (exact) mass is 333 g/mol. The van der Waals surface area contributed by atoms with Crippen molar-refractivity contribution in [2.24, 2.45) is 5.73 Å². The summed E-state index contributed by atoms with van der Waals surface area (Å²) in [5.74, 6) is 0.0882. The van der Waals surface area contributed by atoms with Crippen molar-refractivity contribution in [3.8, 4) is 11.3 Å². The fourth-order valence-corrected chi connectivity index (χ4v) is 2.96. The van der Waals surface area contributed by atoms with E-state index in [1.54, 1.807) is 19.2 Å². The first-order valence-electron chi connectivity index (χ1n) is 6.70. The van der Waals surface area contributed by atoms with Gasteiger partial charge in [-0.3, -0.25) is 4.79 Å². The molecule has 0 bridgehead atoms. The number of thiophene rings is 1. The van der Waals surface area contributed by atoms with Crippen LogP contribution in [0.5, 0.6) is 0 Å². The van der Waals surface area contributed by atoms with Crippen LogP contribution in [0.3, 0.4) is 0 Å². The molecule has 6 nitrogen and oxygen atoms in total. The lowest BCUT2D eigenvalue weighted by atomic mass is 10.1. The average Bonchev–Trinajstić information content (AvgIpc) is 2.92. The molecule has 3 aromatic rings.